The number of anilines is 2. The summed E-state index contributed by atoms with van der Waals surface area (Å²) < 4.78 is 0. The van der Waals surface area contributed by atoms with Crippen LogP contribution in [-0.4, -0.2) is 17.6 Å². The van der Waals surface area contributed by atoms with Crippen LogP contribution in [0.4, 0.5) is 11.4 Å². The van der Waals surface area contributed by atoms with E-state index in [1.165, 1.54) is 12.1 Å². The fourth-order valence-corrected chi connectivity index (χ4v) is 1.89. The van der Waals surface area contributed by atoms with Crippen molar-refractivity contribution in [2.75, 3.05) is 17.2 Å². The van der Waals surface area contributed by atoms with Gasteiger partial charge in [0.1, 0.15) is 5.75 Å². The second-order valence-electron chi connectivity index (χ2n) is 4.19. The van der Waals surface area contributed by atoms with Gasteiger partial charge in [-0.2, -0.15) is 0 Å². The van der Waals surface area contributed by atoms with Crippen LogP contribution in [0.15, 0.2) is 48.5 Å². The number of benzene rings is 2. The van der Waals surface area contributed by atoms with Gasteiger partial charge in [-0.25, -0.2) is 0 Å². The number of aromatic hydroxyl groups is 1. The summed E-state index contributed by atoms with van der Waals surface area (Å²) in [4.78, 5) is 14.0. The van der Waals surface area contributed by atoms with Gasteiger partial charge >= 0.3 is 0 Å². The molecular weight excluding hydrogens is 240 g/mol. The molecule has 0 bridgehead atoms. The SMILES string of the molecule is CCN(C(=O)c1cccc(O)c1)c1ccc(N)cc1. The second-order valence-corrected chi connectivity index (χ2v) is 4.19. The molecule has 0 aromatic heterocycles. The van der Waals surface area contributed by atoms with Crippen LogP contribution in [-0.2, 0) is 0 Å². The highest BCUT2D eigenvalue weighted by atomic mass is 16.3. The zero-order valence-electron chi connectivity index (χ0n) is 10.7. The topological polar surface area (TPSA) is 66.6 Å². The van der Waals surface area contributed by atoms with Crippen LogP contribution >= 0.6 is 0 Å². The third-order valence-corrected chi connectivity index (χ3v) is 2.86. The molecule has 0 radical (unpaired) electrons. The molecule has 0 atom stereocenters. The fourth-order valence-electron chi connectivity index (χ4n) is 1.89. The van der Waals surface area contributed by atoms with E-state index in [9.17, 15) is 9.90 Å². The predicted molar refractivity (Wildman–Crippen MR) is 76.3 cm³/mol. The summed E-state index contributed by atoms with van der Waals surface area (Å²) >= 11 is 0. The number of nitrogen functional groups attached to an aromatic ring is 1. The van der Waals surface area contributed by atoms with Crippen molar-refractivity contribution in [1.82, 2.24) is 0 Å². The van der Waals surface area contributed by atoms with Crippen molar-refractivity contribution in [3.05, 3.63) is 54.1 Å². The first kappa shape index (κ1) is 13.0. The van der Waals surface area contributed by atoms with Crippen LogP contribution in [0.1, 0.15) is 17.3 Å². The van der Waals surface area contributed by atoms with Crippen LogP contribution < -0.4 is 10.6 Å². The third kappa shape index (κ3) is 2.85. The highest BCUT2D eigenvalue weighted by Gasteiger charge is 2.16. The summed E-state index contributed by atoms with van der Waals surface area (Å²) in [6.45, 7) is 2.44. The van der Waals surface area contributed by atoms with Gasteiger partial charge in [0.2, 0.25) is 0 Å². The van der Waals surface area contributed by atoms with Crippen LogP contribution in [0.3, 0.4) is 0 Å². The molecule has 4 heteroatoms. The lowest BCUT2D eigenvalue weighted by atomic mass is 10.1. The quantitative estimate of drug-likeness (QED) is 0.830. The summed E-state index contributed by atoms with van der Waals surface area (Å²) in [7, 11) is 0. The molecule has 0 aliphatic rings. The molecule has 2 rings (SSSR count). The van der Waals surface area contributed by atoms with Gasteiger partial charge in [0.15, 0.2) is 0 Å². The number of carbonyl (C=O) groups excluding carboxylic acids is 1. The standard InChI is InChI=1S/C15H16N2O2/c1-2-17(13-8-6-12(16)7-9-13)15(19)11-4-3-5-14(18)10-11/h3-10,18H,2,16H2,1H3. The lowest BCUT2D eigenvalue weighted by Crippen LogP contribution is -2.30. The van der Waals surface area contributed by atoms with Crippen molar-refractivity contribution >= 4 is 17.3 Å². The van der Waals surface area contributed by atoms with Crippen LogP contribution in [0.2, 0.25) is 0 Å². The van der Waals surface area contributed by atoms with Gasteiger partial charge < -0.3 is 15.7 Å². The zero-order chi connectivity index (χ0) is 13.8. The highest BCUT2D eigenvalue weighted by molar-refractivity contribution is 6.06. The van der Waals surface area contributed by atoms with Gasteiger partial charge in [-0.1, -0.05) is 6.07 Å². The first-order chi connectivity index (χ1) is 9.11. The number of hydrogen-bond donors (Lipinski definition) is 2. The number of carbonyl (C=O) groups is 1. The average molecular weight is 256 g/mol. The number of nitrogens with two attached hydrogens (primary N) is 1. The molecule has 0 heterocycles. The number of rotatable bonds is 3. The van der Waals surface area contributed by atoms with E-state index in [2.05, 4.69) is 0 Å². The minimum atomic E-state index is -0.150. The molecule has 0 spiro atoms. The Labute approximate surface area is 112 Å². The minimum Gasteiger partial charge on any atom is -0.508 e. The van der Waals surface area contributed by atoms with Crippen LogP contribution in [0.25, 0.3) is 0 Å². The molecule has 3 N–H and O–H groups in total. The Morgan fingerprint density at radius 2 is 1.89 bits per heavy atom. The summed E-state index contributed by atoms with van der Waals surface area (Å²) in [5, 5.41) is 9.44. The largest absolute Gasteiger partial charge is 0.508 e. The number of phenols is 1. The van der Waals surface area contributed by atoms with E-state index < -0.39 is 0 Å². The second kappa shape index (κ2) is 5.44. The Morgan fingerprint density at radius 1 is 1.21 bits per heavy atom. The maximum atomic E-state index is 12.4. The Morgan fingerprint density at radius 3 is 2.47 bits per heavy atom. The number of nitrogens with zero attached hydrogens (tertiary/aromatic N) is 1. The molecule has 19 heavy (non-hydrogen) atoms. The number of amides is 1. The first-order valence-electron chi connectivity index (χ1n) is 6.08. The van der Waals surface area contributed by atoms with Gasteiger partial charge in [-0.3, -0.25) is 4.79 Å². The van der Waals surface area contributed by atoms with E-state index >= 15 is 0 Å². The van der Waals surface area contributed by atoms with Gasteiger partial charge in [0, 0.05) is 23.5 Å². The molecule has 0 saturated carbocycles. The van der Waals surface area contributed by atoms with E-state index in [0.29, 0.717) is 17.8 Å². The zero-order valence-corrected chi connectivity index (χ0v) is 10.7. The molecule has 0 aliphatic carbocycles. The Bertz CT molecular complexity index is 579. The van der Waals surface area contributed by atoms with E-state index in [-0.39, 0.29) is 11.7 Å². The van der Waals surface area contributed by atoms with Crippen molar-refractivity contribution in [3.63, 3.8) is 0 Å². The van der Waals surface area contributed by atoms with Crippen LogP contribution in [0.5, 0.6) is 5.75 Å². The van der Waals surface area contributed by atoms with Gasteiger partial charge in [-0.15, -0.1) is 0 Å². The Hall–Kier alpha value is -2.49. The monoisotopic (exact) mass is 256 g/mol. The van der Waals surface area contributed by atoms with Crippen molar-refractivity contribution < 1.29 is 9.90 Å². The van der Waals surface area contributed by atoms with E-state index in [0.717, 1.165) is 5.69 Å². The minimum absolute atomic E-state index is 0.0826. The fraction of sp³-hybridized carbons (Fsp3) is 0.133. The van der Waals surface area contributed by atoms with Crippen molar-refractivity contribution in [2.24, 2.45) is 0 Å². The lowest BCUT2D eigenvalue weighted by molar-refractivity contribution is 0.0988. The Balaban J connectivity index is 2.31. The molecule has 2 aromatic carbocycles. The molecule has 1 amide bonds. The Kier molecular flexibility index (Phi) is 3.71. The van der Waals surface area contributed by atoms with Gasteiger partial charge in [0.05, 0.1) is 0 Å². The molecule has 0 unspecified atom stereocenters. The molecular formula is C15H16N2O2. The third-order valence-electron chi connectivity index (χ3n) is 2.86. The average Bonchev–Trinajstić information content (AvgIpc) is 2.41. The van der Waals surface area contributed by atoms with Crippen molar-refractivity contribution in [1.29, 1.82) is 0 Å². The molecule has 2 aromatic rings. The van der Waals surface area contributed by atoms with E-state index in [1.807, 2.05) is 6.92 Å². The summed E-state index contributed by atoms with van der Waals surface area (Å²) in [6, 6.07) is 13.5. The maximum Gasteiger partial charge on any atom is 0.258 e. The normalized spacial score (nSPS) is 10.2. The van der Waals surface area contributed by atoms with E-state index in [1.54, 1.807) is 41.3 Å². The molecule has 4 nitrogen and oxygen atoms in total. The maximum absolute atomic E-state index is 12.4. The smallest absolute Gasteiger partial charge is 0.258 e. The molecule has 0 saturated heterocycles. The summed E-state index contributed by atoms with van der Waals surface area (Å²) in [5.74, 6) is -0.0672. The summed E-state index contributed by atoms with van der Waals surface area (Å²) in [5.41, 5.74) is 7.54. The lowest BCUT2D eigenvalue weighted by Gasteiger charge is -2.21. The molecule has 0 aliphatic heterocycles. The van der Waals surface area contributed by atoms with Crippen molar-refractivity contribution in [3.8, 4) is 5.75 Å². The number of phenolic OH excluding ortho intramolecular Hbond substituents is 1. The van der Waals surface area contributed by atoms with Crippen molar-refractivity contribution in [2.45, 2.75) is 6.92 Å². The molecule has 0 fully saturated rings. The first-order valence-corrected chi connectivity index (χ1v) is 6.08. The van der Waals surface area contributed by atoms with Crippen LogP contribution in [0, 0.1) is 0 Å². The highest BCUT2D eigenvalue weighted by Crippen LogP contribution is 2.20. The molecule has 98 valence electrons. The predicted octanol–water partition coefficient (Wildman–Crippen LogP) is 2.64. The van der Waals surface area contributed by atoms with Gasteiger partial charge in [0.25, 0.3) is 5.91 Å². The van der Waals surface area contributed by atoms with E-state index in [4.69, 9.17) is 5.73 Å². The van der Waals surface area contributed by atoms with Gasteiger partial charge in [-0.05, 0) is 49.4 Å². The summed E-state index contributed by atoms with van der Waals surface area (Å²) in [6.07, 6.45) is 0. The number of hydrogen-bond acceptors (Lipinski definition) is 3.